The summed E-state index contributed by atoms with van der Waals surface area (Å²) < 4.78 is 96.6. The summed E-state index contributed by atoms with van der Waals surface area (Å²) in [5, 5.41) is -0.247. The Kier molecular flexibility index (Phi) is 30.8. The number of aldehydes is 2. The number of nitrogens with two attached hydrogens (primary N) is 1. The molecule has 16 rings (SSSR count). The average Bonchev–Trinajstić information content (AvgIpc) is 0.671. The number of allylic oxidation sites excluding steroid dienone is 4. The van der Waals surface area contributed by atoms with E-state index in [1.54, 1.807) is 28.1 Å². The molecule has 0 radical (unpaired) electrons. The van der Waals surface area contributed by atoms with E-state index in [2.05, 4.69) is 192 Å². The summed E-state index contributed by atoms with van der Waals surface area (Å²) in [6, 6.07) is 0. The highest BCUT2D eigenvalue weighted by molar-refractivity contribution is 6.65. The van der Waals surface area contributed by atoms with E-state index in [1.807, 2.05) is 13.8 Å². The molecule has 0 aromatic heterocycles. The Morgan fingerprint density at radius 1 is 0.397 bits per heavy atom. The largest absolute Gasteiger partial charge is 0.380 e. The van der Waals surface area contributed by atoms with Gasteiger partial charge < -0.3 is 81.6 Å². The Morgan fingerprint density at radius 3 is 1.10 bits per heavy atom. The highest BCUT2D eigenvalue weighted by atomic mass is 35.5. The SMILES string of the molecule is CCC1O[C@@H](OC2[C@H](O[C@H]3CCC4(C)C5CC=C6C7CC(C)(C)CC[C@]7(C(=O)Cl)C(OC)C[C@@]6(C)[C@@]5(C)CC[C@H]4[C@@]3(C)C=O)OC(C(C)=O)[C@@H](C)[C@@H]2O[C@@H]2OC[C@@H](C)[C@H](C)C2C)C(C)[C@@H](C)[C@H]1C.CCC1O[C@@H](OC2[C@H](O[C@H]3CCC4(C)C5CC=C6C7CC(C)(C)CC[C@]7(C(N)=O)C(OC)C[C@@]6(C)[C@@]5(C)CC[C@H]4[C@@]3(C)C=O)OC(C(C)=O)[C@@H](C)[C@@H]2O[C@@H]2OC[C@@H](C)[C@H](C)C2C)C(C)[C@@H](C)[C@H]1C. The summed E-state index contributed by atoms with van der Waals surface area (Å²) in [5.74, 6) is 2.72. The van der Waals surface area contributed by atoms with Gasteiger partial charge in [0, 0.05) is 49.7 Å². The number of methoxy groups -OCH3 is 2. The summed E-state index contributed by atoms with van der Waals surface area (Å²) in [6.45, 7) is 68.0. The van der Waals surface area contributed by atoms with Gasteiger partial charge >= 0.3 is 0 Å². The van der Waals surface area contributed by atoms with Gasteiger partial charge in [0.05, 0.1) is 83.7 Å². The van der Waals surface area contributed by atoms with E-state index in [9.17, 15) is 28.8 Å². The average molecular weight is 1920 g/mol. The Labute approximate surface area is 824 Å². The van der Waals surface area contributed by atoms with Crippen molar-refractivity contribution in [3.63, 3.8) is 0 Å². The smallest absolute Gasteiger partial charge is 0.231 e. The van der Waals surface area contributed by atoms with E-state index >= 15 is 0 Å². The summed E-state index contributed by atoms with van der Waals surface area (Å²) in [7, 11) is 3.55. The van der Waals surface area contributed by atoms with Crippen LogP contribution in [0.3, 0.4) is 0 Å². The van der Waals surface area contributed by atoms with Crippen molar-refractivity contribution >= 4 is 46.9 Å². The van der Waals surface area contributed by atoms with E-state index in [0.29, 0.717) is 73.4 Å². The quantitative estimate of drug-likeness (QED) is 0.0457. The molecular formula is C114H184ClNO20. The minimum Gasteiger partial charge on any atom is -0.380 e. The molecule has 0 spiro atoms. The first kappa shape index (κ1) is 107. The summed E-state index contributed by atoms with van der Waals surface area (Å²) in [6.07, 6.45) is 14.2. The molecule has 6 saturated heterocycles. The number of hydrogen-bond acceptors (Lipinski definition) is 20. The molecule has 136 heavy (non-hydrogen) atoms. The maximum Gasteiger partial charge on any atom is 0.231 e. The zero-order valence-electron chi connectivity index (χ0n) is 89.9. The van der Waals surface area contributed by atoms with Crippen LogP contribution in [0.4, 0.5) is 0 Å². The number of carbonyl (C=O) groups is 6. The maximum absolute atomic E-state index is 14.1. The molecule has 0 aromatic carbocycles. The molecule has 6 aliphatic heterocycles. The van der Waals surface area contributed by atoms with E-state index in [-0.39, 0.29) is 161 Å². The highest BCUT2D eigenvalue weighted by Crippen LogP contribution is 2.79. The third-order valence-corrected chi connectivity index (χ3v) is 45.3. The number of Topliss-reactive ketones (excluding diaryl/α,β-unsaturated/α-hetero) is 2. The fraction of sp³-hybridized carbons (Fsp3) is 0.912. The fourth-order valence-electron chi connectivity index (χ4n) is 34.1. The van der Waals surface area contributed by atoms with E-state index in [0.717, 1.165) is 116 Å². The summed E-state index contributed by atoms with van der Waals surface area (Å²) in [4.78, 5) is 83.1. The van der Waals surface area contributed by atoms with Crippen LogP contribution in [-0.2, 0) is 95.1 Å². The Morgan fingerprint density at radius 2 is 0.750 bits per heavy atom. The van der Waals surface area contributed by atoms with Gasteiger partial charge in [0.15, 0.2) is 49.3 Å². The Bertz CT molecular complexity index is 4110. The number of ketones is 2. The maximum atomic E-state index is 14.1. The molecular weight excluding hydrogens is 1740 g/mol. The van der Waals surface area contributed by atoms with Crippen molar-refractivity contribution in [1.29, 1.82) is 0 Å². The van der Waals surface area contributed by atoms with Crippen molar-refractivity contribution in [3.8, 4) is 0 Å². The van der Waals surface area contributed by atoms with Crippen LogP contribution in [0.25, 0.3) is 0 Å². The number of ether oxygens (including phenoxy) is 14. The van der Waals surface area contributed by atoms with Crippen LogP contribution in [0.15, 0.2) is 23.3 Å². The molecule has 8 saturated carbocycles. The van der Waals surface area contributed by atoms with E-state index < -0.39 is 108 Å². The first-order valence-corrected chi connectivity index (χ1v) is 54.7. The van der Waals surface area contributed by atoms with E-state index in [1.165, 1.54) is 23.7 Å². The third kappa shape index (κ3) is 17.2. The summed E-state index contributed by atoms with van der Waals surface area (Å²) >= 11 is 6.72. The lowest BCUT2D eigenvalue weighted by molar-refractivity contribution is -0.374. The van der Waals surface area contributed by atoms with Gasteiger partial charge in [-0.15, -0.1) is 0 Å². The predicted octanol–water partition coefficient (Wildman–Crippen LogP) is 22.3. The van der Waals surface area contributed by atoms with Gasteiger partial charge in [-0.05, 0) is 280 Å². The van der Waals surface area contributed by atoms with Crippen molar-refractivity contribution in [2.75, 3.05) is 27.4 Å². The van der Waals surface area contributed by atoms with Crippen LogP contribution < -0.4 is 5.73 Å². The Balaban J connectivity index is 0.000000207. The predicted molar refractivity (Wildman–Crippen MR) is 525 cm³/mol. The van der Waals surface area contributed by atoms with Crippen molar-refractivity contribution in [2.24, 2.45) is 189 Å². The molecule has 10 aliphatic carbocycles. The number of fused-ring (bicyclic) bond motifs is 14. The van der Waals surface area contributed by atoms with Gasteiger partial charge in [0.25, 0.3) is 0 Å². The second kappa shape index (κ2) is 39.0. The van der Waals surface area contributed by atoms with Crippen LogP contribution in [0.5, 0.6) is 0 Å². The molecule has 0 bridgehead atoms. The third-order valence-electron chi connectivity index (χ3n) is 45.0. The van der Waals surface area contributed by atoms with Gasteiger partial charge in [0.2, 0.25) is 11.1 Å². The topological polar surface area (TPSA) is 258 Å². The van der Waals surface area contributed by atoms with Crippen LogP contribution in [0.2, 0.25) is 0 Å². The lowest BCUT2D eigenvalue weighted by Gasteiger charge is -2.71. The first-order chi connectivity index (χ1) is 63.6. The molecule has 16 aliphatic rings. The van der Waals surface area contributed by atoms with Gasteiger partial charge in [-0.25, -0.2) is 0 Å². The highest BCUT2D eigenvalue weighted by Gasteiger charge is 2.76. The number of halogens is 1. The van der Waals surface area contributed by atoms with Crippen LogP contribution >= 0.6 is 11.6 Å². The second-order valence-corrected chi connectivity index (χ2v) is 52.7. The zero-order valence-corrected chi connectivity index (χ0v) is 90.7. The molecule has 2 N–H and O–H groups in total. The van der Waals surface area contributed by atoms with Gasteiger partial charge in [-0.1, -0.05) is 217 Å². The second-order valence-electron chi connectivity index (χ2n) is 52.3. The van der Waals surface area contributed by atoms with Gasteiger partial charge in [-0.3, -0.25) is 19.2 Å². The molecule has 21 nitrogen and oxygen atoms in total. The van der Waals surface area contributed by atoms with Crippen molar-refractivity contribution in [2.45, 2.75) is 447 Å². The summed E-state index contributed by atoms with van der Waals surface area (Å²) in [5.41, 5.74) is 5.22. The number of hydrogen-bond donors (Lipinski definition) is 1. The number of carbonyl (C=O) groups excluding carboxylic acids is 6. The molecule has 1 amide bonds. The number of primary amides is 1. The van der Waals surface area contributed by atoms with Crippen LogP contribution in [0, 0.1) is 183 Å². The van der Waals surface area contributed by atoms with Gasteiger partial charge in [0.1, 0.15) is 37.0 Å². The van der Waals surface area contributed by atoms with Gasteiger partial charge in [-0.2, -0.15) is 0 Å². The minimum atomic E-state index is -1.01. The zero-order chi connectivity index (χ0) is 99.7. The Hall–Kier alpha value is -2.97. The minimum absolute atomic E-state index is 0.0219. The molecule has 772 valence electrons. The fourth-order valence-corrected chi connectivity index (χ4v) is 34.4. The lowest BCUT2D eigenvalue weighted by Crippen LogP contribution is -2.69. The molecule has 48 atom stereocenters. The normalized spacial score (nSPS) is 53.4. The lowest BCUT2D eigenvalue weighted by atomic mass is 9.33. The molecule has 6 heterocycles. The van der Waals surface area contributed by atoms with Crippen LogP contribution in [0.1, 0.15) is 336 Å². The van der Waals surface area contributed by atoms with Crippen molar-refractivity contribution in [1.82, 2.24) is 0 Å². The first-order valence-electron chi connectivity index (χ1n) is 54.3. The molecule has 22 heteroatoms. The molecule has 0 aromatic rings. The van der Waals surface area contributed by atoms with Crippen molar-refractivity contribution in [3.05, 3.63) is 23.3 Å². The molecule has 18 unspecified atom stereocenters. The van der Waals surface area contributed by atoms with E-state index in [4.69, 9.17) is 83.7 Å². The monoisotopic (exact) mass is 1920 g/mol. The van der Waals surface area contributed by atoms with Crippen molar-refractivity contribution < 1.29 is 95.1 Å². The number of rotatable bonds is 22. The molecule has 14 fully saturated rings. The number of amides is 1. The standard InChI is InChI=1S/C57H91ClO10.C57H93NO10/c2*1-17-40-33(5)32(4)35(7)49(64-40)68-47-46(67-48-34(6)31(3)30(2)28-63-48)36(8)45(37(9)60)66-50(47)65-43-21-22-53(12)41(54(43,13)29-59)20-23-55(14)42(53)19-18-38-39-26-52(10,11)24-25-57(39,51(58)61)44(62-16)27-56(38,55)15/h18,29-36,39-50H,17,19-28H2,1-16H3;18,29-36,39-50H,17,19-28H2,1-16H3,(H2,58,61)/t2*30-,31+,32+,33-,34?,35?,36-,39?,40?,41-,42?,43+,44?,45?,46+,47?,48+,49+,50-,53?,54-,55+,56-,57-/m11/s1. The van der Waals surface area contributed by atoms with Crippen LogP contribution in [-0.4, -0.2) is 174 Å².